The highest BCUT2D eigenvalue weighted by molar-refractivity contribution is 7.89. The Balaban J connectivity index is 1.37. The number of amides is 1. The molecule has 1 aromatic carbocycles. The van der Waals surface area contributed by atoms with E-state index in [4.69, 9.17) is 9.47 Å². The third-order valence-corrected chi connectivity index (χ3v) is 7.14. The van der Waals surface area contributed by atoms with E-state index >= 15 is 0 Å². The number of hydrogen-bond acceptors (Lipinski definition) is 6. The summed E-state index contributed by atoms with van der Waals surface area (Å²) in [6.45, 7) is 6.05. The van der Waals surface area contributed by atoms with Crippen LogP contribution in [-0.4, -0.2) is 82.6 Å². The van der Waals surface area contributed by atoms with E-state index in [1.165, 1.54) is 4.31 Å². The van der Waals surface area contributed by atoms with Crippen LogP contribution in [0, 0.1) is 0 Å². The first-order valence-corrected chi connectivity index (χ1v) is 11.8. The van der Waals surface area contributed by atoms with Crippen LogP contribution in [-0.2, 0) is 19.6 Å². The van der Waals surface area contributed by atoms with E-state index in [1.807, 2.05) is 0 Å². The van der Waals surface area contributed by atoms with Crippen LogP contribution in [0.5, 0.6) is 5.75 Å². The summed E-state index contributed by atoms with van der Waals surface area (Å²) in [5.41, 5.74) is 0. The molecule has 2 fully saturated rings. The molecule has 0 bridgehead atoms. The topological polar surface area (TPSA) is 88.2 Å². The molecule has 1 aromatic rings. The highest BCUT2D eigenvalue weighted by Gasteiger charge is 2.25. The van der Waals surface area contributed by atoms with Crippen molar-refractivity contribution >= 4 is 15.9 Å². The Hall–Kier alpha value is -1.68. The average molecular weight is 426 g/mol. The third kappa shape index (κ3) is 6.67. The lowest BCUT2D eigenvalue weighted by atomic mass is 10.2. The molecule has 0 saturated carbocycles. The highest BCUT2D eigenvalue weighted by Crippen LogP contribution is 2.22. The number of nitrogens with one attached hydrogen (secondary N) is 1. The fourth-order valence-electron chi connectivity index (χ4n) is 3.52. The predicted octanol–water partition coefficient (Wildman–Crippen LogP) is 1.08. The van der Waals surface area contributed by atoms with Gasteiger partial charge in [0.25, 0.3) is 5.91 Å². The Bertz CT molecular complexity index is 742. The molecular weight excluding hydrogens is 394 g/mol. The zero-order valence-electron chi connectivity index (χ0n) is 16.8. The summed E-state index contributed by atoms with van der Waals surface area (Å²) in [4.78, 5) is 14.5. The largest absolute Gasteiger partial charge is 0.484 e. The number of piperidine rings is 1. The van der Waals surface area contributed by atoms with E-state index in [-0.39, 0.29) is 17.4 Å². The van der Waals surface area contributed by atoms with Crippen LogP contribution in [0.15, 0.2) is 29.2 Å². The van der Waals surface area contributed by atoms with Gasteiger partial charge in [0.05, 0.1) is 18.1 Å². The number of benzene rings is 1. The molecule has 0 atom stereocenters. The summed E-state index contributed by atoms with van der Waals surface area (Å²) in [6.07, 6.45) is 3.77. The van der Waals surface area contributed by atoms with Crippen molar-refractivity contribution < 1.29 is 22.7 Å². The monoisotopic (exact) mass is 425 g/mol. The fraction of sp³-hybridized carbons (Fsp3) is 0.650. The average Bonchev–Trinajstić information content (AvgIpc) is 2.77. The SMILES string of the molecule is O=C(COc1ccc(S(=O)(=O)N2CCCCC2)cc1)NCCCN1CCOCC1. The van der Waals surface area contributed by atoms with Crippen LogP contribution >= 0.6 is 0 Å². The molecule has 9 heteroatoms. The first kappa shape index (κ1) is 22.0. The zero-order chi connectivity index (χ0) is 20.5. The smallest absolute Gasteiger partial charge is 0.257 e. The maximum atomic E-state index is 12.6. The minimum Gasteiger partial charge on any atom is -0.484 e. The van der Waals surface area contributed by atoms with E-state index in [0.29, 0.717) is 25.4 Å². The Kier molecular flexibility index (Phi) is 8.29. The first-order chi connectivity index (χ1) is 14.1. The summed E-state index contributed by atoms with van der Waals surface area (Å²) in [6, 6.07) is 6.28. The number of rotatable bonds is 9. The lowest BCUT2D eigenvalue weighted by molar-refractivity contribution is -0.123. The van der Waals surface area contributed by atoms with Gasteiger partial charge in [-0.05, 0) is 50.1 Å². The van der Waals surface area contributed by atoms with Gasteiger partial charge < -0.3 is 14.8 Å². The number of ether oxygens (including phenoxy) is 2. The second kappa shape index (κ2) is 10.9. The molecule has 2 aliphatic rings. The summed E-state index contributed by atoms with van der Waals surface area (Å²) in [5, 5.41) is 2.85. The molecule has 8 nitrogen and oxygen atoms in total. The number of nitrogens with zero attached hydrogens (tertiary/aromatic N) is 2. The molecule has 3 rings (SSSR count). The van der Waals surface area contributed by atoms with Crippen LogP contribution < -0.4 is 10.1 Å². The zero-order valence-corrected chi connectivity index (χ0v) is 17.7. The second-order valence-corrected chi connectivity index (χ2v) is 9.32. The van der Waals surface area contributed by atoms with Crippen molar-refractivity contribution in [2.75, 3.05) is 59.1 Å². The van der Waals surface area contributed by atoms with Crippen molar-refractivity contribution in [1.29, 1.82) is 0 Å². The number of hydrogen-bond donors (Lipinski definition) is 1. The first-order valence-electron chi connectivity index (χ1n) is 10.4. The van der Waals surface area contributed by atoms with Gasteiger partial charge in [-0.3, -0.25) is 9.69 Å². The standard InChI is InChI=1S/C20H31N3O5S/c24-20(21-9-4-10-22-13-15-27-16-14-22)17-28-18-5-7-19(8-6-18)29(25,26)23-11-2-1-3-12-23/h5-8H,1-4,9-17H2,(H,21,24). The molecule has 0 radical (unpaired) electrons. The van der Waals surface area contributed by atoms with Crippen LogP contribution in [0.1, 0.15) is 25.7 Å². The quantitative estimate of drug-likeness (QED) is 0.596. The van der Waals surface area contributed by atoms with Gasteiger partial charge in [-0.2, -0.15) is 4.31 Å². The number of morpholine rings is 1. The molecule has 2 aliphatic heterocycles. The van der Waals surface area contributed by atoms with Gasteiger partial charge >= 0.3 is 0 Å². The van der Waals surface area contributed by atoms with E-state index in [0.717, 1.165) is 58.5 Å². The molecule has 1 N–H and O–H groups in total. The minimum absolute atomic E-state index is 0.0875. The van der Waals surface area contributed by atoms with E-state index in [2.05, 4.69) is 10.2 Å². The van der Waals surface area contributed by atoms with Gasteiger partial charge in [0.2, 0.25) is 10.0 Å². The van der Waals surface area contributed by atoms with E-state index in [1.54, 1.807) is 24.3 Å². The van der Waals surface area contributed by atoms with E-state index < -0.39 is 10.0 Å². The summed E-state index contributed by atoms with van der Waals surface area (Å²) >= 11 is 0. The molecule has 0 unspecified atom stereocenters. The molecule has 162 valence electrons. The van der Waals surface area contributed by atoms with Crippen molar-refractivity contribution in [2.45, 2.75) is 30.6 Å². The molecule has 0 aromatic heterocycles. The molecule has 0 spiro atoms. The van der Waals surface area contributed by atoms with Gasteiger partial charge in [-0.25, -0.2) is 8.42 Å². The molecule has 1 amide bonds. The lowest BCUT2D eigenvalue weighted by Crippen LogP contribution is -2.38. The summed E-state index contributed by atoms with van der Waals surface area (Å²) in [7, 11) is -3.45. The van der Waals surface area contributed by atoms with Crippen molar-refractivity contribution in [2.24, 2.45) is 0 Å². The second-order valence-electron chi connectivity index (χ2n) is 7.38. The van der Waals surface area contributed by atoms with Gasteiger partial charge in [-0.1, -0.05) is 6.42 Å². The van der Waals surface area contributed by atoms with Gasteiger partial charge in [0, 0.05) is 32.7 Å². The fourth-order valence-corrected chi connectivity index (χ4v) is 5.03. The number of carbonyl (C=O) groups excluding carboxylic acids is 1. The molecular formula is C20H31N3O5S. The maximum Gasteiger partial charge on any atom is 0.257 e. The van der Waals surface area contributed by atoms with Crippen LogP contribution in [0.4, 0.5) is 0 Å². The molecule has 2 saturated heterocycles. The van der Waals surface area contributed by atoms with Gasteiger partial charge in [0.1, 0.15) is 5.75 Å². The Labute approximate surface area is 173 Å². The minimum atomic E-state index is -3.45. The molecule has 2 heterocycles. The number of carbonyl (C=O) groups is 1. The van der Waals surface area contributed by atoms with Gasteiger partial charge in [0.15, 0.2) is 6.61 Å². The lowest BCUT2D eigenvalue weighted by Gasteiger charge is -2.26. The van der Waals surface area contributed by atoms with E-state index in [9.17, 15) is 13.2 Å². The van der Waals surface area contributed by atoms with Crippen LogP contribution in [0.3, 0.4) is 0 Å². The van der Waals surface area contributed by atoms with Crippen LogP contribution in [0.25, 0.3) is 0 Å². The molecule has 0 aliphatic carbocycles. The maximum absolute atomic E-state index is 12.6. The Morgan fingerprint density at radius 3 is 2.41 bits per heavy atom. The summed E-state index contributed by atoms with van der Waals surface area (Å²) < 4.78 is 37.6. The van der Waals surface area contributed by atoms with Crippen molar-refractivity contribution in [3.63, 3.8) is 0 Å². The van der Waals surface area contributed by atoms with Crippen molar-refractivity contribution in [1.82, 2.24) is 14.5 Å². The Morgan fingerprint density at radius 1 is 1.03 bits per heavy atom. The van der Waals surface area contributed by atoms with Crippen molar-refractivity contribution in [3.05, 3.63) is 24.3 Å². The predicted molar refractivity (Wildman–Crippen MR) is 109 cm³/mol. The summed E-state index contributed by atoms with van der Waals surface area (Å²) in [5.74, 6) is 0.294. The normalized spacial score (nSPS) is 19.0. The molecule has 29 heavy (non-hydrogen) atoms. The third-order valence-electron chi connectivity index (χ3n) is 5.22. The van der Waals surface area contributed by atoms with Crippen LogP contribution in [0.2, 0.25) is 0 Å². The highest BCUT2D eigenvalue weighted by atomic mass is 32.2. The number of sulfonamides is 1. The Morgan fingerprint density at radius 2 is 1.72 bits per heavy atom. The van der Waals surface area contributed by atoms with Gasteiger partial charge in [-0.15, -0.1) is 0 Å². The van der Waals surface area contributed by atoms with Crippen molar-refractivity contribution in [3.8, 4) is 5.75 Å².